The van der Waals surface area contributed by atoms with Crippen molar-refractivity contribution in [2.75, 3.05) is 47.6 Å². The SMILES string of the molecule is COCOCC1(O)C[C@H](n2cc(C)c(=O)n(COCc3ccccc3)c2=O)O[C@]1(COCOC)COCc1ccccc1. The highest BCUT2D eigenvalue weighted by Crippen LogP contribution is 2.45. The number of ether oxygens (including phenoxy) is 7. The van der Waals surface area contributed by atoms with E-state index in [1.807, 2.05) is 60.7 Å². The number of aromatic nitrogens is 2. The lowest BCUT2D eigenvalue weighted by atomic mass is 9.83. The van der Waals surface area contributed by atoms with Crippen molar-refractivity contribution in [1.82, 2.24) is 9.13 Å². The van der Waals surface area contributed by atoms with Crippen LogP contribution in [0.5, 0.6) is 0 Å². The Labute approximate surface area is 250 Å². The Morgan fingerprint density at radius 2 is 1.40 bits per heavy atom. The van der Waals surface area contributed by atoms with E-state index in [0.29, 0.717) is 5.56 Å². The first-order valence-corrected chi connectivity index (χ1v) is 13.9. The topological polar surface area (TPSA) is 129 Å². The predicted molar refractivity (Wildman–Crippen MR) is 155 cm³/mol. The van der Waals surface area contributed by atoms with Gasteiger partial charge >= 0.3 is 5.69 Å². The first-order chi connectivity index (χ1) is 20.8. The Kier molecular flexibility index (Phi) is 11.8. The maximum atomic E-state index is 13.7. The van der Waals surface area contributed by atoms with E-state index in [1.165, 1.54) is 25.0 Å². The number of methoxy groups -OCH3 is 2. The van der Waals surface area contributed by atoms with Gasteiger partial charge in [-0.25, -0.2) is 9.36 Å². The van der Waals surface area contributed by atoms with E-state index in [9.17, 15) is 14.7 Å². The van der Waals surface area contributed by atoms with Gasteiger partial charge in [-0.15, -0.1) is 0 Å². The van der Waals surface area contributed by atoms with E-state index in [2.05, 4.69) is 0 Å². The number of hydrogen-bond donors (Lipinski definition) is 1. The molecule has 2 heterocycles. The van der Waals surface area contributed by atoms with Crippen LogP contribution in [0.25, 0.3) is 0 Å². The number of nitrogens with zero attached hydrogens (tertiary/aromatic N) is 2. The summed E-state index contributed by atoms with van der Waals surface area (Å²) in [7, 11) is 2.96. The quantitative estimate of drug-likeness (QED) is 0.182. The molecule has 43 heavy (non-hydrogen) atoms. The summed E-state index contributed by atoms with van der Waals surface area (Å²) >= 11 is 0. The van der Waals surface area contributed by atoms with Crippen molar-refractivity contribution in [2.24, 2.45) is 0 Å². The molecule has 1 saturated heterocycles. The monoisotopic (exact) mass is 600 g/mol. The molecule has 4 rings (SSSR count). The second kappa shape index (κ2) is 15.5. The molecule has 234 valence electrons. The lowest BCUT2D eigenvalue weighted by Crippen LogP contribution is -2.59. The Balaban J connectivity index is 1.63. The third-order valence-electron chi connectivity index (χ3n) is 7.26. The van der Waals surface area contributed by atoms with Crippen LogP contribution in [0, 0.1) is 6.92 Å². The third kappa shape index (κ3) is 8.05. The average Bonchev–Trinajstić information content (AvgIpc) is 3.29. The fraction of sp³-hybridized carbons (Fsp3) is 0.484. The summed E-state index contributed by atoms with van der Waals surface area (Å²) in [6, 6.07) is 19.0. The summed E-state index contributed by atoms with van der Waals surface area (Å²) in [5, 5.41) is 12.1. The van der Waals surface area contributed by atoms with E-state index < -0.39 is 28.7 Å². The van der Waals surface area contributed by atoms with E-state index in [-0.39, 0.29) is 59.8 Å². The van der Waals surface area contributed by atoms with Crippen LogP contribution in [0.3, 0.4) is 0 Å². The fourth-order valence-electron chi connectivity index (χ4n) is 5.01. The summed E-state index contributed by atoms with van der Waals surface area (Å²) in [4.78, 5) is 26.6. The lowest BCUT2D eigenvalue weighted by Gasteiger charge is -2.39. The normalized spacial score (nSPS) is 21.8. The van der Waals surface area contributed by atoms with Gasteiger partial charge in [0.05, 0.1) is 33.0 Å². The molecule has 3 aromatic rings. The molecule has 2 aromatic carbocycles. The molecule has 1 N–H and O–H groups in total. The van der Waals surface area contributed by atoms with Crippen molar-refractivity contribution in [3.05, 3.63) is 104 Å². The Morgan fingerprint density at radius 1 is 0.837 bits per heavy atom. The zero-order valence-corrected chi connectivity index (χ0v) is 24.8. The minimum atomic E-state index is -1.68. The number of hydrogen-bond acceptors (Lipinski definition) is 10. The Bertz CT molecular complexity index is 1400. The van der Waals surface area contributed by atoms with Crippen LogP contribution in [-0.2, 0) is 53.1 Å². The van der Waals surface area contributed by atoms with Crippen molar-refractivity contribution in [1.29, 1.82) is 0 Å². The molecule has 1 aliphatic rings. The van der Waals surface area contributed by atoms with Gasteiger partial charge in [0.25, 0.3) is 5.56 Å². The van der Waals surface area contributed by atoms with Crippen LogP contribution in [0.4, 0.5) is 0 Å². The van der Waals surface area contributed by atoms with Gasteiger partial charge in [0, 0.05) is 32.4 Å². The number of rotatable bonds is 17. The number of aryl methyl sites for hydroxylation is 1. The largest absolute Gasteiger partial charge is 0.384 e. The van der Waals surface area contributed by atoms with Crippen molar-refractivity contribution in [3.8, 4) is 0 Å². The zero-order chi connectivity index (χ0) is 30.7. The highest BCUT2D eigenvalue weighted by molar-refractivity contribution is 5.15. The highest BCUT2D eigenvalue weighted by Gasteiger charge is 2.60. The molecule has 0 bridgehead atoms. The third-order valence-corrected chi connectivity index (χ3v) is 7.26. The van der Waals surface area contributed by atoms with Gasteiger partial charge in [-0.2, -0.15) is 0 Å². The molecule has 1 fully saturated rings. The summed E-state index contributed by atoms with van der Waals surface area (Å²) in [6.45, 7) is 1.25. The van der Waals surface area contributed by atoms with E-state index in [1.54, 1.807) is 6.92 Å². The minimum Gasteiger partial charge on any atom is -0.384 e. The molecule has 1 unspecified atom stereocenters. The predicted octanol–water partition coefficient (Wildman–Crippen LogP) is 2.34. The van der Waals surface area contributed by atoms with Crippen LogP contribution in [0.15, 0.2) is 76.4 Å². The Morgan fingerprint density at radius 3 is 2.00 bits per heavy atom. The maximum Gasteiger partial charge on any atom is 0.335 e. The molecule has 1 aromatic heterocycles. The van der Waals surface area contributed by atoms with Gasteiger partial charge in [0.1, 0.15) is 37.7 Å². The summed E-state index contributed by atoms with van der Waals surface area (Å²) in [5.74, 6) is 0. The first-order valence-electron chi connectivity index (χ1n) is 13.9. The highest BCUT2D eigenvalue weighted by atomic mass is 16.7. The second-order valence-corrected chi connectivity index (χ2v) is 10.5. The van der Waals surface area contributed by atoms with Gasteiger partial charge in [-0.1, -0.05) is 60.7 Å². The van der Waals surface area contributed by atoms with Crippen molar-refractivity contribution < 1.29 is 38.3 Å². The molecule has 0 saturated carbocycles. The summed E-state index contributed by atoms with van der Waals surface area (Å²) < 4.78 is 42.0. The van der Waals surface area contributed by atoms with Crippen LogP contribution < -0.4 is 11.2 Å². The van der Waals surface area contributed by atoms with Crippen LogP contribution in [0.2, 0.25) is 0 Å². The Hall–Kier alpha value is -3.20. The lowest BCUT2D eigenvalue weighted by molar-refractivity contribution is -0.230. The molecule has 12 heteroatoms. The number of aliphatic hydroxyl groups is 1. The molecule has 0 aliphatic carbocycles. The molecule has 0 amide bonds. The van der Waals surface area contributed by atoms with E-state index in [4.69, 9.17) is 33.2 Å². The van der Waals surface area contributed by atoms with Gasteiger partial charge in [-0.3, -0.25) is 9.36 Å². The van der Waals surface area contributed by atoms with Gasteiger partial charge in [0.2, 0.25) is 0 Å². The van der Waals surface area contributed by atoms with Gasteiger partial charge < -0.3 is 38.3 Å². The molecule has 1 aliphatic heterocycles. The number of benzene rings is 2. The molecule has 3 atom stereocenters. The second-order valence-electron chi connectivity index (χ2n) is 10.5. The van der Waals surface area contributed by atoms with Crippen molar-refractivity contribution in [2.45, 2.75) is 50.7 Å². The van der Waals surface area contributed by atoms with Crippen molar-refractivity contribution in [3.63, 3.8) is 0 Å². The van der Waals surface area contributed by atoms with E-state index >= 15 is 0 Å². The summed E-state index contributed by atoms with van der Waals surface area (Å²) in [6.07, 6.45) is 0.371. The smallest absolute Gasteiger partial charge is 0.335 e. The molecule has 0 spiro atoms. The van der Waals surface area contributed by atoms with Gasteiger partial charge in [-0.05, 0) is 18.1 Å². The molecular formula is C31H40N2O10. The van der Waals surface area contributed by atoms with Crippen LogP contribution >= 0.6 is 0 Å². The minimum absolute atomic E-state index is 0.0633. The van der Waals surface area contributed by atoms with E-state index in [0.717, 1.165) is 15.7 Å². The zero-order valence-electron chi connectivity index (χ0n) is 24.8. The van der Waals surface area contributed by atoms with Crippen molar-refractivity contribution >= 4 is 0 Å². The molecule has 0 radical (unpaired) electrons. The average molecular weight is 601 g/mol. The maximum absolute atomic E-state index is 13.7. The van der Waals surface area contributed by atoms with Gasteiger partial charge in [0.15, 0.2) is 0 Å². The standard InChI is InChI=1S/C31H40N2O10/c1-24-15-32(29(35)33(28(24)34)21-40-17-26-12-8-5-9-13-26)27-14-30(36,18-41-22-37-2)31(43-27,20-42-23-38-3)19-39-16-25-10-6-4-7-11-25/h4-13,15,27,36H,14,16-23H2,1-3H3/t27-,30?,31+/m1/s1. The molecular weight excluding hydrogens is 560 g/mol. The summed E-state index contributed by atoms with van der Waals surface area (Å²) in [5.41, 5.74) is -2.15. The van der Waals surface area contributed by atoms with Crippen LogP contribution in [-0.4, -0.2) is 73.1 Å². The first kappa shape index (κ1) is 32.7. The fourth-order valence-corrected chi connectivity index (χ4v) is 5.01. The molecule has 12 nitrogen and oxygen atoms in total. The van der Waals surface area contributed by atoms with Crippen LogP contribution in [0.1, 0.15) is 29.3 Å².